The van der Waals surface area contributed by atoms with Gasteiger partial charge in [-0.15, -0.1) is 0 Å². The first-order valence-corrected chi connectivity index (χ1v) is 9.24. The number of fused-ring (bicyclic) bond motifs is 2. The van der Waals surface area contributed by atoms with E-state index in [0.29, 0.717) is 17.1 Å². The van der Waals surface area contributed by atoms with Crippen molar-refractivity contribution in [2.75, 3.05) is 33.0 Å². The Morgan fingerprint density at radius 3 is 2.70 bits per heavy atom. The van der Waals surface area contributed by atoms with Crippen molar-refractivity contribution < 1.29 is 14.3 Å². The van der Waals surface area contributed by atoms with Crippen molar-refractivity contribution in [2.24, 2.45) is 0 Å². The summed E-state index contributed by atoms with van der Waals surface area (Å²) in [7, 11) is 0. The molecule has 0 saturated carbocycles. The minimum atomic E-state index is 0.0556. The van der Waals surface area contributed by atoms with Gasteiger partial charge in [0.05, 0.1) is 0 Å². The first kappa shape index (κ1) is 16.2. The summed E-state index contributed by atoms with van der Waals surface area (Å²) in [6.07, 6.45) is 2.09. The van der Waals surface area contributed by atoms with Gasteiger partial charge in [-0.05, 0) is 29.8 Å². The van der Waals surface area contributed by atoms with E-state index in [1.165, 1.54) is 16.5 Å². The number of benzene rings is 2. The van der Waals surface area contributed by atoms with Crippen LogP contribution in [0.4, 0.5) is 0 Å². The molecule has 6 nitrogen and oxygen atoms in total. The zero-order chi connectivity index (χ0) is 18.2. The van der Waals surface area contributed by atoms with E-state index in [-0.39, 0.29) is 12.7 Å². The van der Waals surface area contributed by atoms with Gasteiger partial charge in [0.1, 0.15) is 0 Å². The number of amides is 1. The van der Waals surface area contributed by atoms with E-state index in [2.05, 4.69) is 34.3 Å². The van der Waals surface area contributed by atoms with Gasteiger partial charge in [-0.3, -0.25) is 9.69 Å². The highest BCUT2D eigenvalue weighted by Gasteiger charge is 2.24. The van der Waals surface area contributed by atoms with Crippen LogP contribution in [-0.2, 0) is 6.54 Å². The van der Waals surface area contributed by atoms with Crippen molar-refractivity contribution >= 4 is 16.8 Å². The maximum atomic E-state index is 12.8. The van der Waals surface area contributed by atoms with Gasteiger partial charge in [0.25, 0.3) is 5.91 Å². The normalized spacial score (nSPS) is 16.8. The van der Waals surface area contributed by atoms with E-state index in [1.54, 1.807) is 6.07 Å². The maximum absolute atomic E-state index is 12.8. The molecule has 0 spiro atoms. The highest BCUT2D eigenvalue weighted by Crippen LogP contribution is 2.33. The highest BCUT2D eigenvalue weighted by atomic mass is 16.7. The Kier molecular flexibility index (Phi) is 3.98. The molecule has 27 heavy (non-hydrogen) atoms. The molecule has 0 bridgehead atoms. The first-order valence-electron chi connectivity index (χ1n) is 9.24. The standard InChI is InChI=1S/C21H21N3O3/c25-21(15-5-6-19-20(11-15)27-14-26-19)24-9-7-23(8-10-24)13-16-12-22-18-4-2-1-3-17(16)18/h1-6,11-12,22H,7-10,13-14H2. The highest BCUT2D eigenvalue weighted by molar-refractivity contribution is 5.95. The Labute approximate surface area is 157 Å². The lowest BCUT2D eigenvalue weighted by Gasteiger charge is -2.34. The number of carbonyl (C=O) groups excluding carboxylic acids is 1. The Morgan fingerprint density at radius 2 is 1.81 bits per heavy atom. The molecule has 0 radical (unpaired) electrons. The van der Waals surface area contributed by atoms with E-state index < -0.39 is 0 Å². The predicted octanol–water partition coefficient (Wildman–Crippen LogP) is 2.85. The molecule has 1 saturated heterocycles. The van der Waals surface area contributed by atoms with Crippen LogP contribution in [0.25, 0.3) is 10.9 Å². The van der Waals surface area contributed by atoms with Gasteiger partial charge in [0, 0.05) is 55.4 Å². The van der Waals surface area contributed by atoms with Gasteiger partial charge in [-0.2, -0.15) is 0 Å². The fourth-order valence-corrected chi connectivity index (χ4v) is 3.82. The van der Waals surface area contributed by atoms with E-state index in [4.69, 9.17) is 9.47 Å². The van der Waals surface area contributed by atoms with Gasteiger partial charge in [0.15, 0.2) is 11.5 Å². The minimum Gasteiger partial charge on any atom is -0.454 e. The summed E-state index contributed by atoms with van der Waals surface area (Å²) in [5.41, 5.74) is 3.13. The van der Waals surface area contributed by atoms with E-state index >= 15 is 0 Å². The van der Waals surface area contributed by atoms with Crippen molar-refractivity contribution in [3.8, 4) is 11.5 Å². The predicted molar refractivity (Wildman–Crippen MR) is 102 cm³/mol. The van der Waals surface area contributed by atoms with Gasteiger partial charge >= 0.3 is 0 Å². The number of para-hydroxylation sites is 1. The van der Waals surface area contributed by atoms with Crippen molar-refractivity contribution in [1.82, 2.24) is 14.8 Å². The lowest BCUT2D eigenvalue weighted by atomic mass is 10.1. The number of hydrogen-bond acceptors (Lipinski definition) is 4. The molecule has 0 atom stereocenters. The Hall–Kier alpha value is -2.99. The van der Waals surface area contributed by atoms with Crippen LogP contribution in [0, 0.1) is 0 Å². The molecular weight excluding hydrogens is 342 g/mol. The lowest BCUT2D eigenvalue weighted by molar-refractivity contribution is 0.0628. The monoisotopic (exact) mass is 363 g/mol. The van der Waals surface area contributed by atoms with Crippen molar-refractivity contribution in [1.29, 1.82) is 0 Å². The number of carbonyl (C=O) groups is 1. The number of rotatable bonds is 3. The van der Waals surface area contributed by atoms with Crippen LogP contribution >= 0.6 is 0 Å². The summed E-state index contributed by atoms with van der Waals surface area (Å²) in [4.78, 5) is 20.5. The fourth-order valence-electron chi connectivity index (χ4n) is 3.82. The first-order chi connectivity index (χ1) is 13.3. The van der Waals surface area contributed by atoms with Crippen LogP contribution in [0.1, 0.15) is 15.9 Å². The SMILES string of the molecule is O=C(c1ccc2c(c1)OCO2)N1CCN(Cc2c[nH]c3ccccc23)CC1. The van der Waals surface area contributed by atoms with Crippen LogP contribution in [0.5, 0.6) is 11.5 Å². The number of aromatic nitrogens is 1. The Bertz CT molecular complexity index is 989. The van der Waals surface area contributed by atoms with Crippen LogP contribution < -0.4 is 9.47 Å². The summed E-state index contributed by atoms with van der Waals surface area (Å²) in [6, 6.07) is 13.8. The summed E-state index contributed by atoms with van der Waals surface area (Å²) in [6.45, 7) is 4.33. The number of nitrogens with zero attached hydrogens (tertiary/aromatic N) is 2. The molecule has 2 aliphatic rings. The third kappa shape index (κ3) is 3.02. The van der Waals surface area contributed by atoms with E-state index in [1.807, 2.05) is 23.1 Å². The minimum absolute atomic E-state index is 0.0556. The number of hydrogen-bond donors (Lipinski definition) is 1. The molecule has 0 unspecified atom stereocenters. The fraction of sp³-hybridized carbons (Fsp3) is 0.286. The summed E-state index contributed by atoms with van der Waals surface area (Å²) >= 11 is 0. The molecule has 3 aromatic rings. The lowest BCUT2D eigenvalue weighted by Crippen LogP contribution is -2.48. The van der Waals surface area contributed by atoms with Crippen LogP contribution in [0.2, 0.25) is 0 Å². The molecule has 1 fully saturated rings. The maximum Gasteiger partial charge on any atom is 0.254 e. The third-order valence-electron chi connectivity index (χ3n) is 5.35. The molecule has 138 valence electrons. The number of aromatic amines is 1. The van der Waals surface area contributed by atoms with Crippen molar-refractivity contribution in [2.45, 2.75) is 6.54 Å². The van der Waals surface area contributed by atoms with Gasteiger partial charge < -0.3 is 19.4 Å². The van der Waals surface area contributed by atoms with Crippen LogP contribution in [0.3, 0.4) is 0 Å². The molecule has 1 amide bonds. The molecule has 1 aromatic heterocycles. The Balaban J connectivity index is 1.23. The topological polar surface area (TPSA) is 57.8 Å². The molecule has 5 rings (SSSR count). The molecule has 3 heterocycles. The average Bonchev–Trinajstić information content (AvgIpc) is 3.35. The average molecular weight is 363 g/mol. The molecule has 2 aliphatic heterocycles. The van der Waals surface area contributed by atoms with Gasteiger partial charge in [-0.1, -0.05) is 18.2 Å². The van der Waals surface area contributed by atoms with Crippen molar-refractivity contribution in [3.05, 3.63) is 59.8 Å². The summed E-state index contributed by atoms with van der Waals surface area (Å²) in [5.74, 6) is 1.41. The Morgan fingerprint density at radius 1 is 1.00 bits per heavy atom. The van der Waals surface area contributed by atoms with Crippen LogP contribution in [-0.4, -0.2) is 53.7 Å². The smallest absolute Gasteiger partial charge is 0.254 e. The zero-order valence-electron chi connectivity index (χ0n) is 15.0. The second-order valence-electron chi connectivity index (χ2n) is 7.00. The summed E-state index contributed by atoms with van der Waals surface area (Å²) in [5, 5.41) is 1.27. The second-order valence-corrected chi connectivity index (χ2v) is 7.00. The quantitative estimate of drug-likeness (QED) is 0.777. The summed E-state index contributed by atoms with van der Waals surface area (Å²) < 4.78 is 10.7. The molecule has 1 N–H and O–H groups in total. The number of H-pyrrole nitrogens is 1. The van der Waals surface area contributed by atoms with Crippen LogP contribution in [0.15, 0.2) is 48.7 Å². The number of piperazine rings is 1. The van der Waals surface area contributed by atoms with E-state index in [0.717, 1.165) is 32.7 Å². The zero-order valence-corrected chi connectivity index (χ0v) is 15.0. The van der Waals surface area contributed by atoms with Crippen molar-refractivity contribution in [3.63, 3.8) is 0 Å². The molecule has 2 aromatic carbocycles. The molecular formula is C21H21N3O3. The number of ether oxygens (including phenoxy) is 2. The van der Waals surface area contributed by atoms with Gasteiger partial charge in [-0.25, -0.2) is 0 Å². The van der Waals surface area contributed by atoms with Gasteiger partial charge in [0.2, 0.25) is 6.79 Å². The number of nitrogens with one attached hydrogen (secondary N) is 1. The molecule has 0 aliphatic carbocycles. The third-order valence-corrected chi connectivity index (χ3v) is 5.35. The largest absolute Gasteiger partial charge is 0.454 e. The van der Waals surface area contributed by atoms with E-state index in [9.17, 15) is 4.79 Å². The second kappa shape index (κ2) is 6.63. The molecule has 6 heteroatoms.